The summed E-state index contributed by atoms with van der Waals surface area (Å²) in [5.74, 6) is -2.04. The summed E-state index contributed by atoms with van der Waals surface area (Å²) < 4.78 is 0. The summed E-state index contributed by atoms with van der Waals surface area (Å²) >= 11 is 5.94. The molecule has 0 aliphatic heterocycles. The van der Waals surface area contributed by atoms with Crippen molar-refractivity contribution in [2.75, 3.05) is 0 Å². The second kappa shape index (κ2) is 5.80. The Bertz CT molecular complexity index is 729. The highest BCUT2D eigenvalue weighted by molar-refractivity contribution is 6.31. The molecule has 0 saturated heterocycles. The smallest absolute Gasteiger partial charge is 0.315 e. The van der Waals surface area contributed by atoms with Gasteiger partial charge in [0, 0.05) is 23.1 Å². The highest BCUT2D eigenvalue weighted by Gasteiger charge is 2.21. The summed E-state index contributed by atoms with van der Waals surface area (Å²) in [6, 6.07) is 8.63. The molecule has 2 N–H and O–H groups in total. The molecule has 2 aromatic carbocycles. The number of nitro groups is 1. The van der Waals surface area contributed by atoms with E-state index in [0.29, 0.717) is 10.6 Å². The number of benzene rings is 2. The number of Topliss-reactive ketones (excluding diaryl/α,β-unsaturated/α-hetero) is 1. The normalized spacial score (nSPS) is 10.3. The van der Waals surface area contributed by atoms with Crippen LogP contribution in [0.25, 0.3) is 0 Å². The topological polar surface area (TPSA) is 101 Å². The van der Waals surface area contributed by atoms with E-state index in [1.54, 1.807) is 24.3 Å². The molecule has 6 nitrogen and oxygen atoms in total. The molecule has 0 radical (unpaired) electrons. The van der Waals surface area contributed by atoms with E-state index >= 15 is 0 Å². The molecule has 0 saturated carbocycles. The highest BCUT2D eigenvalue weighted by atomic mass is 35.5. The fourth-order valence-electron chi connectivity index (χ4n) is 1.82. The molecule has 0 unspecified atom stereocenters. The lowest BCUT2D eigenvalue weighted by molar-refractivity contribution is -0.386. The maximum atomic E-state index is 12.1. The van der Waals surface area contributed by atoms with Crippen LogP contribution in [0, 0.1) is 10.1 Å². The van der Waals surface area contributed by atoms with Crippen molar-refractivity contribution < 1.29 is 19.9 Å². The number of hydrogen-bond acceptors (Lipinski definition) is 5. The second-order valence-corrected chi connectivity index (χ2v) is 4.72. The number of halogens is 1. The van der Waals surface area contributed by atoms with Gasteiger partial charge in [-0.3, -0.25) is 14.9 Å². The number of phenols is 2. The van der Waals surface area contributed by atoms with Crippen LogP contribution in [0.15, 0.2) is 36.4 Å². The predicted octanol–water partition coefficient (Wildman–Crippen LogP) is 3.08. The van der Waals surface area contributed by atoms with E-state index < -0.39 is 27.9 Å². The van der Waals surface area contributed by atoms with Gasteiger partial charge in [0.2, 0.25) is 5.75 Å². The zero-order chi connectivity index (χ0) is 15.6. The Morgan fingerprint density at radius 1 is 1.24 bits per heavy atom. The lowest BCUT2D eigenvalue weighted by Gasteiger charge is -2.06. The van der Waals surface area contributed by atoms with Crippen LogP contribution in [-0.4, -0.2) is 20.9 Å². The van der Waals surface area contributed by atoms with Gasteiger partial charge in [-0.1, -0.05) is 29.8 Å². The quantitative estimate of drug-likeness (QED) is 0.391. The zero-order valence-corrected chi connectivity index (χ0v) is 11.4. The molecule has 2 aromatic rings. The number of aromatic hydroxyl groups is 2. The summed E-state index contributed by atoms with van der Waals surface area (Å²) in [5, 5.41) is 30.0. The SMILES string of the molecule is O=C(Cc1ccccc1Cl)c1cc(O)c(O)c([N+](=O)[O-])c1. The lowest BCUT2D eigenvalue weighted by Crippen LogP contribution is -2.05. The average molecular weight is 308 g/mol. The number of carbonyl (C=O) groups excluding carboxylic acids is 1. The molecule has 0 bridgehead atoms. The number of rotatable bonds is 4. The van der Waals surface area contributed by atoms with Gasteiger partial charge in [0.1, 0.15) is 0 Å². The summed E-state index contributed by atoms with van der Waals surface area (Å²) in [6.45, 7) is 0. The monoisotopic (exact) mass is 307 g/mol. The Kier molecular flexibility index (Phi) is 4.09. The van der Waals surface area contributed by atoms with Crippen molar-refractivity contribution in [1.29, 1.82) is 0 Å². The number of carbonyl (C=O) groups is 1. The number of phenolic OH excluding ortho intramolecular Hbond substituents is 2. The molecular formula is C14H10ClNO5. The van der Waals surface area contributed by atoms with Crippen LogP contribution in [0.4, 0.5) is 5.69 Å². The van der Waals surface area contributed by atoms with Crippen LogP contribution in [0.3, 0.4) is 0 Å². The summed E-state index contributed by atoms with van der Waals surface area (Å²) in [6.07, 6.45) is -0.0684. The minimum atomic E-state index is -0.874. The molecular weight excluding hydrogens is 298 g/mol. The Morgan fingerprint density at radius 3 is 2.52 bits per heavy atom. The van der Waals surface area contributed by atoms with Gasteiger partial charge in [-0.2, -0.15) is 0 Å². The number of nitrogens with zero attached hydrogens (tertiary/aromatic N) is 1. The second-order valence-electron chi connectivity index (χ2n) is 4.31. The van der Waals surface area contributed by atoms with E-state index in [1.165, 1.54) is 0 Å². The van der Waals surface area contributed by atoms with Crippen molar-refractivity contribution >= 4 is 23.1 Å². The van der Waals surface area contributed by atoms with E-state index in [1.807, 2.05) is 0 Å². The van der Waals surface area contributed by atoms with Gasteiger partial charge in [0.15, 0.2) is 11.5 Å². The van der Waals surface area contributed by atoms with Crippen molar-refractivity contribution in [3.05, 3.63) is 62.7 Å². The summed E-state index contributed by atoms with van der Waals surface area (Å²) in [5.41, 5.74) is -0.228. The first kappa shape index (κ1) is 14.8. The Morgan fingerprint density at radius 2 is 1.90 bits per heavy atom. The molecule has 0 spiro atoms. The van der Waals surface area contributed by atoms with Crippen LogP contribution < -0.4 is 0 Å². The lowest BCUT2D eigenvalue weighted by atomic mass is 10.0. The van der Waals surface area contributed by atoms with E-state index in [4.69, 9.17) is 11.6 Å². The largest absolute Gasteiger partial charge is 0.504 e. The van der Waals surface area contributed by atoms with E-state index in [0.717, 1.165) is 12.1 Å². The van der Waals surface area contributed by atoms with Gasteiger partial charge in [-0.25, -0.2) is 0 Å². The number of hydrogen-bond donors (Lipinski definition) is 2. The van der Waals surface area contributed by atoms with Crippen molar-refractivity contribution in [1.82, 2.24) is 0 Å². The van der Waals surface area contributed by atoms with Gasteiger partial charge in [-0.15, -0.1) is 0 Å². The molecule has 0 aliphatic carbocycles. The molecule has 0 fully saturated rings. The van der Waals surface area contributed by atoms with Crippen molar-refractivity contribution in [3.63, 3.8) is 0 Å². The summed E-state index contributed by atoms with van der Waals surface area (Å²) in [4.78, 5) is 22.0. The van der Waals surface area contributed by atoms with Gasteiger partial charge in [0.05, 0.1) is 4.92 Å². The fourth-order valence-corrected chi connectivity index (χ4v) is 2.02. The molecule has 7 heteroatoms. The molecule has 0 amide bonds. The Labute approximate surface area is 124 Å². The minimum Gasteiger partial charge on any atom is -0.504 e. The third-order valence-electron chi connectivity index (χ3n) is 2.90. The van der Waals surface area contributed by atoms with Crippen LogP contribution in [-0.2, 0) is 6.42 Å². The van der Waals surface area contributed by atoms with E-state index in [-0.39, 0.29) is 12.0 Å². The molecule has 0 aromatic heterocycles. The first-order valence-electron chi connectivity index (χ1n) is 5.87. The van der Waals surface area contributed by atoms with E-state index in [2.05, 4.69) is 0 Å². The molecule has 21 heavy (non-hydrogen) atoms. The van der Waals surface area contributed by atoms with Crippen molar-refractivity contribution in [3.8, 4) is 11.5 Å². The van der Waals surface area contributed by atoms with Crippen LogP contribution in [0.5, 0.6) is 11.5 Å². The van der Waals surface area contributed by atoms with Crippen LogP contribution in [0.1, 0.15) is 15.9 Å². The number of nitro benzene ring substituents is 1. The standard InChI is InChI=1S/C14H10ClNO5/c15-10-4-2-1-3-8(10)6-12(17)9-5-11(16(20)21)14(19)13(18)7-9/h1-5,7,18-19H,6H2. The van der Waals surface area contributed by atoms with E-state index in [9.17, 15) is 25.1 Å². The predicted molar refractivity (Wildman–Crippen MR) is 75.9 cm³/mol. The third kappa shape index (κ3) is 3.11. The van der Waals surface area contributed by atoms with Gasteiger partial charge in [0.25, 0.3) is 0 Å². The average Bonchev–Trinajstić information content (AvgIpc) is 2.43. The van der Waals surface area contributed by atoms with Crippen LogP contribution in [0.2, 0.25) is 5.02 Å². The molecule has 0 heterocycles. The maximum Gasteiger partial charge on any atom is 0.315 e. The Hall–Kier alpha value is -2.60. The maximum absolute atomic E-state index is 12.1. The van der Waals surface area contributed by atoms with Crippen LogP contribution >= 0.6 is 11.6 Å². The molecule has 0 aliphatic rings. The third-order valence-corrected chi connectivity index (χ3v) is 3.27. The molecule has 108 valence electrons. The van der Waals surface area contributed by atoms with Crippen molar-refractivity contribution in [2.45, 2.75) is 6.42 Å². The molecule has 0 atom stereocenters. The molecule has 2 rings (SSSR count). The minimum absolute atomic E-state index is 0.0684. The Balaban J connectivity index is 2.36. The van der Waals surface area contributed by atoms with Crippen molar-refractivity contribution in [2.24, 2.45) is 0 Å². The van der Waals surface area contributed by atoms with Gasteiger partial charge >= 0.3 is 5.69 Å². The first-order chi connectivity index (χ1) is 9.90. The zero-order valence-electron chi connectivity index (χ0n) is 10.6. The fraction of sp³-hybridized carbons (Fsp3) is 0.0714. The first-order valence-corrected chi connectivity index (χ1v) is 6.25. The highest BCUT2D eigenvalue weighted by Crippen LogP contribution is 2.36. The van der Waals surface area contributed by atoms with Gasteiger partial charge in [-0.05, 0) is 17.7 Å². The number of ketones is 1. The van der Waals surface area contributed by atoms with Gasteiger partial charge < -0.3 is 10.2 Å². The summed E-state index contributed by atoms with van der Waals surface area (Å²) in [7, 11) is 0.